The van der Waals surface area contributed by atoms with Crippen molar-refractivity contribution in [2.75, 3.05) is 19.6 Å². The Labute approximate surface area is 114 Å². The van der Waals surface area contributed by atoms with Crippen LogP contribution in [0.1, 0.15) is 26.2 Å². The molecule has 0 aromatic carbocycles. The zero-order valence-corrected chi connectivity index (χ0v) is 12.2. The lowest BCUT2D eigenvalue weighted by atomic mass is 10.1. The van der Waals surface area contributed by atoms with Crippen molar-refractivity contribution in [2.45, 2.75) is 37.3 Å². The van der Waals surface area contributed by atoms with Gasteiger partial charge in [0.05, 0.1) is 6.20 Å². The van der Waals surface area contributed by atoms with E-state index in [-0.39, 0.29) is 11.1 Å². The summed E-state index contributed by atoms with van der Waals surface area (Å²) in [6, 6.07) is 0.0705. The van der Waals surface area contributed by atoms with Crippen LogP contribution in [-0.4, -0.2) is 53.4 Å². The fraction of sp³-hybridized carbons (Fsp3) is 0.818. The molecule has 2 heterocycles. The number of aryl methyl sites for hydroxylation is 1. The molecular formula is C11H21N5O2S. The van der Waals surface area contributed by atoms with Gasteiger partial charge in [-0.3, -0.25) is 0 Å². The number of rotatable bonds is 5. The molecule has 0 bridgehead atoms. The molecule has 1 aliphatic heterocycles. The summed E-state index contributed by atoms with van der Waals surface area (Å²) in [6.07, 6.45) is 3.82. The number of nitrogens with one attached hydrogen (secondary N) is 1. The summed E-state index contributed by atoms with van der Waals surface area (Å²) in [7, 11) is -1.90. The first-order valence-corrected chi connectivity index (χ1v) is 8.08. The predicted octanol–water partition coefficient (Wildman–Crippen LogP) is -0.0322. The van der Waals surface area contributed by atoms with Gasteiger partial charge in [-0.15, -0.1) is 5.10 Å². The molecule has 1 saturated heterocycles. The first-order chi connectivity index (χ1) is 9.07. The lowest BCUT2D eigenvalue weighted by molar-refractivity contribution is 0.261. The fourth-order valence-electron chi connectivity index (χ4n) is 2.45. The smallest absolute Gasteiger partial charge is 0.262 e. The second kappa shape index (κ2) is 5.98. The standard InChI is InChI=1S/C11H21N5O2S/c1-3-8-16(10-4-6-12-7-5-10)19(17,18)11-9-13-14-15(11)2/h9-10,12H,3-8H2,1-2H3. The second-order valence-electron chi connectivity index (χ2n) is 4.79. The normalized spacial score (nSPS) is 18.1. The fourth-order valence-corrected chi connectivity index (χ4v) is 4.27. The second-order valence-corrected chi connectivity index (χ2v) is 6.63. The molecule has 0 spiro atoms. The van der Waals surface area contributed by atoms with Gasteiger partial charge < -0.3 is 5.32 Å². The zero-order chi connectivity index (χ0) is 13.9. The Bertz CT molecular complexity index is 507. The quantitative estimate of drug-likeness (QED) is 0.822. The summed E-state index contributed by atoms with van der Waals surface area (Å²) in [4.78, 5) is 0. The van der Waals surface area contributed by atoms with E-state index in [1.165, 1.54) is 10.9 Å². The van der Waals surface area contributed by atoms with Crippen LogP contribution >= 0.6 is 0 Å². The van der Waals surface area contributed by atoms with Gasteiger partial charge in [0, 0.05) is 19.6 Å². The Morgan fingerprint density at radius 2 is 2.16 bits per heavy atom. The van der Waals surface area contributed by atoms with Gasteiger partial charge in [0.2, 0.25) is 0 Å². The van der Waals surface area contributed by atoms with E-state index in [1.807, 2.05) is 6.92 Å². The van der Waals surface area contributed by atoms with Crippen molar-refractivity contribution in [3.05, 3.63) is 6.20 Å². The summed E-state index contributed by atoms with van der Waals surface area (Å²) in [5.74, 6) is 0. The van der Waals surface area contributed by atoms with Gasteiger partial charge in [-0.05, 0) is 32.4 Å². The van der Waals surface area contributed by atoms with Crippen molar-refractivity contribution in [2.24, 2.45) is 7.05 Å². The first-order valence-electron chi connectivity index (χ1n) is 6.64. The summed E-state index contributed by atoms with van der Waals surface area (Å²) in [6.45, 7) is 4.26. The zero-order valence-electron chi connectivity index (χ0n) is 11.4. The van der Waals surface area contributed by atoms with Crippen molar-refractivity contribution in [3.8, 4) is 0 Å². The van der Waals surface area contributed by atoms with Gasteiger partial charge in [0.1, 0.15) is 0 Å². The van der Waals surface area contributed by atoms with E-state index < -0.39 is 10.0 Å². The van der Waals surface area contributed by atoms with E-state index in [0.717, 1.165) is 32.4 Å². The molecular weight excluding hydrogens is 266 g/mol. The highest BCUT2D eigenvalue weighted by Gasteiger charge is 2.33. The van der Waals surface area contributed by atoms with Crippen LogP contribution in [0.3, 0.4) is 0 Å². The molecule has 1 aromatic heterocycles. The van der Waals surface area contributed by atoms with Crippen LogP contribution in [0.25, 0.3) is 0 Å². The van der Waals surface area contributed by atoms with Gasteiger partial charge in [-0.2, -0.15) is 4.31 Å². The molecule has 108 valence electrons. The molecule has 0 unspecified atom stereocenters. The third kappa shape index (κ3) is 2.96. The summed E-state index contributed by atoms with van der Waals surface area (Å²) in [5, 5.41) is 10.8. The van der Waals surface area contributed by atoms with Crippen LogP contribution in [0.2, 0.25) is 0 Å². The lowest BCUT2D eigenvalue weighted by Gasteiger charge is -2.33. The number of sulfonamides is 1. The van der Waals surface area contributed by atoms with Crippen LogP contribution in [0, 0.1) is 0 Å². The average Bonchev–Trinajstić information content (AvgIpc) is 2.84. The van der Waals surface area contributed by atoms with E-state index in [1.54, 1.807) is 11.4 Å². The van der Waals surface area contributed by atoms with Crippen molar-refractivity contribution >= 4 is 10.0 Å². The summed E-state index contributed by atoms with van der Waals surface area (Å²) in [5.41, 5.74) is 0. The molecule has 0 radical (unpaired) electrons. The molecule has 1 aromatic rings. The third-order valence-corrected chi connectivity index (χ3v) is 5.40. The largest absolute Gasteiger partial charge is 0.317 e. The van der Waals surface area contributed by atoms with Crippen LogP contribution in [0.4, 0.5) is 0 Å². The van der Waals surface area contributed by atoms with Gasteiger partial charge >= 0.3 is 0 Å². The van der Waals surface area contributed by atoms with Gasteiger partial charge in [-0.25, -0.2) is 13.1 Å². The highest BCUT2D eigenvalue weighted by Crippen LogP contribution is 2.21. The first kappa shape index (κ1) is 14.4. The molecule has 0 saturated carbocycles. The maximum Gasteiger partial charge on any atom is 0.262 e. The minimum absolute atomic E-state index is 0.0705. The Balaban J connectivity index is 2.29. The number of aromatic nitrogens is 3. The van der Waals surface area contributed by atoms with Crippen LogP contribution in [0.5, 0.6) is 0 Å². The maximum atomic E-state index is 12.7. The number of hydrogen-bond donors (Lipinski definition) is 1. The maximum absolute atomic E-state index is 12.7. The predicted molar refractivity (Wildman–Crippen MR) is 71.1 cm³/mol. The SMILES string of the molecule is CCCN(C1CCNCC1)S(=O)(=O)c1cnnn1C. The third-order valence-electron chi connectivity index (χ3n) is 3.41. The van der Waals surface area contributed by atoms with E-state index in [0.29, 0.717) is 6.54 Å². The lowest BCUT2D eigenvalue weighted by Crippen LogP contribution is -2.46. The Morgan fingerprint density at radius 1 is 1.47 bits per heavy atom. The number of piperidine rings is 1. The highest BCUT2D eigenvalue weighted by atomic mass is 32.2. The van der Waals surface area contributed by atoms with Crippen LogP contribution in [0.15, 0.2) is 11.2 Å². The molecule has 7 nitrogen and oxygen atoms in total. The van der Waals surface area contributed by atoms with Crippen molar-refractivity contribution in [1.29, 1.82) is 0 Å². The molecule has 8 heteroatoms. The Hall–Kier alpha value is -0.990. The molecule has 2 rings (SSSR count). The summed E-state index contributed by atoms with van der Waals surface area (Å²) < 4.78 is 28.4. The Morgan fingerprint density at radius 3 is 2.68 bits per heavy atom. The molecule has 0 atom stereocenters. The molecule has 1 fully saturated rings. The van der Waals surface area contributed by atoms with Crippen LogP contribution in [-0.2, 0) is 17.1 Å². The highest BCUT2D eigenvalue weighted by molar-refractivity contribution is 7.89. The van der Waals surface area contributed by atoms with Crippen molar-refractivity contribution in [1.82, 2.24) is 24.6 Å². The average molecular weight is 287 g/mol. The molecule has 0 amide bonds. The number of hydrogen-bond acceptors (Lipinski definition) is 5. The van der Waals surface area contributed by atoms with E-state index in [2.05, 4.69) is 15.6 Å². The van der Waals surface area contributed by atoms with Crippen molar-refractivity contribution in [3.63, 3.8) is 0 Å². The van der Waals surface area contributed by atoms with Gasteiger partial charge in [0.25, 0.3) is 10.0 Å². The van der Waals surface area contributed by atoms with Crippen molar-refractivity contribution < 1.29 is 8.42 Å². The minimum atomic E-state index is -3.51. The van der Waals surface area contributed by atoms with Gasteiger partial charge in [0.15, 0.2) is 5.03 Å². The molecule has 1 aliphatic rings. The molecule has 1 N–H and O–H groups in total. The minimum Gasteiger partial charge on any atom is -0.317 e. The van der Waals surface area contributed by atoms with E-state index in [9.17, 15) is 8.42 Å². The monoisotopic (exact) mass is 287 g/mol. The Kier molecular flexibility index (Phi) is 4.54. The van der Waals surface area contributed by atoms with Gasteiger partial charge in [-0.1, -0.05) is 12.1 Å². The van der Waals surface area contributed by atoms with E-state index >= 15 is 0 Å². The van der Waals surface area contributed by atoms with Crippen LogP contribution < -0.4 is 5.32 Å². The summed E-state index contributed by atoms with van der Waals surface area (Å²) >= 11 is 0. The number of nitrogens with zero attached hydrogens (tertiary/aromatic N) is 4. The molecule has 19 heavy (non-hydrogen) atoms. The topological polar surface area (TPSA) is 80.1 Å². The molecule has 0 aliphatic carbocycles. The van der Waals surface area contributed by atoms with E-state index in [4.69, 9.17) is 0 Å².